The summed E-state index contributed by atoms with van der Waals surface area (Å²) in [5, 5.41) is 2.90. The fourth-order valence-electron chi connectivity index (χ4n) is 2.62. The lowest BCUT2D eigenvalue weighted by Crippen LogP contribution is -2.26. The van der Waals surface area contributed by atoms with Gasteiger partial charge in [0.2, 0.25) is 0 Å². The summed E-state index contributed by atoms with van der Waals surface area (Å²) in [7, 11) is 0. The highest BCUT2D eigenvalue weighted by molar-refractivity contribution is 6.03. The van der Waals surface area contributed by atoms with E-state index >= 15 is 0 Å². The molecule has 2 rings (SSSR count). The number of benzene rings is 1. The zero-order valence-electron chi connectivity index (χ0n) is 15.0. The Morgan fingerprint density at radius 1 is 1.08 bits per heavy atom. The van der Waals surface area contributed by atoms with Gasteiger partial charge in [0.15, 0.2) is 0 Å². The molecule has 1 aromatic heterocycles. The first-order valence-electron chi connectivity index (χ1n) is 8.50. The number of hydrogen-bond acceptors (Lipinski definition) is 4. The molecule has 0 saturated carbocycles. The van der Waals surface area contributed by atoms with Gasteiger partial charge in [0.05, 0.1) is 12.4 Å². The number of amides is 1. The molecule has 0 bridgehead atoms. The van der Waals surface area contributed by atoms with Crippen molar-refractivity contribution in [3.8, 4) is 0 Å². The molecule has 0 aliphatic heterocycles. The molecule has 0 spiro atoms. The maximum Gasteiger partial charge on any atom is 0.275 e. The monoisotopic (exact) mass is 326 g/mol. The Labute approximate surface area is 144 Å². The van der Waals surface area contributed by atoms with E-state index in [-0.39, 0.29) is 5.91 Å². The second kappa shape index (κ2) is 8.43. The largest absolute Gasteiger partial charge is 0.355 e. The van der Waals surface area contributed by atoms with E-state index in [1.165, 1.54) is 5.56 Å². The van der Waals surface area contributed by atoms with Gasteiger partial charge in [0.1, 0.15) is 11.5 Å². The molecule has 0 unspecified atom stereocenters. The highest BCUT2D eigenvalue weighted by Crippen LogP contribution is 2.17. The first kappa shape index (κ1) is 17.9. The summed E-state index contributed by atoms with van der Waals surface area (Å²) >= 11 is 0. The normalized spacial score (nSPS) is 10.5. The van der Waals surface area contributed by atoms with E-state index in [4.69, 9.17) is 0 Å². The van der Waals surface area contributed by atoms with Crippen molar-refractivity contribution < 1.29 is 4.79 Å². The van der Waals surface area contributed by atoms with E-state index in [1.807, 2.05) is 32.0 Å². The van der Waals surface area contributed by atoms with Crippen molar-refractivity contribution in [2.24, 2.45) is 0 Å². The summed E-state index contributed by atoms with van der Waals surface area (Å²) in [5.41, 5.74) is 3.33. The molecule has 0 aliphatic carbocycles. The lowest BCUT2D eigenvalue weighted by molar-refractivity contribution is 0.102. The Morgan fingerprint density at radius 3 is 2.33 bits per heavy atom. The molecule has 1 N–H and O–H groups in total. The predicted molar refractivity (Wildman–Crippen MR) is 98.7 cm³/mol. The highest BCUT2D eigenvalue weighted by atomic mass is 16.1. The molecule has 24 heavy (non-hydrogen) atoms. The van der Waals surface area contributed by atoms with E-state index in [9.17, 15) is 4.79 Å². The van der Waals surface area contributed by atoms with Gasteiger partial charge in [-0.25, -0.2) is 9.97 Å². The van der Waals surface area contributed by atoms with Crippen molar-refractivity contribution in [3.63, 3.8) is 0 Å². The van der Waals surface area contributed by atoms with Crippen LogP contribution in [0.2, 0.25) is 0 Å². The van der Waals surface area contributed by atoms with E-state index in [1.54, 1.807) is 12.4 Å². The fourth-order valence-corrected chi connectivity index (χ4v) is 2.62. The van der Waals surface area contributed by atoms with Crippen molar-refractivity contribution in [3.05, 3.63) is 47.4 Å². The van der Waals surface area contributed by atoms with Crippen LogP contribution in [0.4, 0.5) is 11.5 Å². The molecule has 0 aliphatic rings. The molecule has 5 heteroatoms. The Balaban J connectivity index is 2.10. The third kappa shape index (κ3) is 4.54. The van der Waals surface area contributed by atoms with Crippen LogP contribution in [0, 0.1) is 13.8 Å². The molecular formula is C19H26N4O. The average Bonchev–Trinajstić information content (AvgIpc) is 2.57. The topological polar surface area (TPSA) is 58.1 Å². The Morgan fingerprint density at radius 2 is 1.79 bits per heavy atom. The minimum atomic E-state index is -0.237. The summed E-state index contributed by atoms with van der Waals surface area (Å²) in [6.45, 7) is 10.2. The molecule has 0 radical (unpaired) electrons. The maximum absolute atomic E-state index is 12.4. The van der Waals surface area contributed by atoms with Crippen LogP contribution in [-0.4, -0.2) is 29.0 Å². The number of hydrogen-bond donors (Lipinski definition) is 1. The van der Waals surface area contributed by atoms with Crippen LogP contribution in [0.15, 0.2) is 30.6 Å². The van der Waals surface area contributed by atoms with Crippen molar-refractivity contribution in [2.75, 3.05) is 23.3 Å². The smallest absolute Gasteiger partial charge is 0.275 e. The van der Waals surface area contributed by atoms with Gasteiger partial charge in [-0.3, -0.25) is 4.79 Å². The van der Waals surface area contributed by atoms with Crippen LogP contribution in [0.5, 0.6) is 0 Å². The molecule has 128 valence electrons. The molecule has 1 aromatic carbocycles. The first-order chi connectivity index (χ1) is 11.5. The number of aryl methyl sites for hydroxylation is 2. The van der Waals surface area contributed by atoms with Crippen molar-refractivity contribution in [2.45, 2.75) is 40.5 Å². The van der Waals surface area contributed by atoms with Gasteiger partial charge >= 0.3 is 0 Å². The fraction of sp³-hybridized carbons (Fsp3) is 0.421. The van der Waals surface area contributed by atoms with Gasteiger partial charge < -0.3 is 10.2 Å². The van der Waals surface area contributed by atoms with E-state index in [2.05, 4.69) is 34.0 Å². The molecule has 0 atom stereocenters. The summed E-state index contributed by atoms with van der Waals surface area (Å²) < 4.78 is 0. The number of nitrogens with one attached hydrogen (secondary N) is 1. The lowest BCUT2D eigenvalue weighted by Gasteiger charge is -2.22. The molecule has 2 aromatic rings. The number of anilines is 2. The highest BCUT2D eigenvalue weighted by Gasteiger charge is 2.12. The summed E-state index contributed by atoms with van der Waals surface area (Å²) in [6, 6.07) is 5.93. The van der Waals surface area contributed by atoms with Crippen LogP contribution >= 0.6 is 0 Å². The van der Waals surface area contributed by atoms with Crippen LogP contribution in [0.1, 0.15) is 48.3 Å². The minimum Gasteiger partial charge on any atom is -0.355 e. The zero-order chi connectivity index (χ0) is 17.5. The molecule has 1 heterocycles. The van der Waals surface area contributed by atoms with Crippen LogP contribution in [0.3, 0.4) is 0 Å². The standard InChI is InChI=1S/C19H26N4O/c1-5-9-23(10-6-2)18-13-20-17(12-21-18)19(24)22-16-8-7-14(3)11-15(16)4/h7-8,11-13H,5-6,9-10H2,1-4H3,(H,22,24). The average molecular weight is 326 g/mol. The second-order valence-electron chi connectivity index (χ2n) is 6.02. The summed E-state index contributed by atoms with van der Waals surface area (Å²) in [6.07, 6.45) is 5.34. The Kier molecular flexibility index (Phi) is 6.29. The van der Waals surface area contributed by atoms with Gasteiger partial charge in [-0.05, 0) is 38.3 Å². The SMILES string of the molecule is CCCN(CCC)c1cnc(C(=O)Nc2ccc(C)cc2C)cn1. The van der Waals surface area contributed by atoms with Gasteiger partial charge in [0, 0.05) is 18.8 Å². The van der Waals surface area contributed by atoms with Gasteiger partial charge in [0.25, 0.3) is 5.91 Å². The van der Waals surface area contributed by atoms with Crippen LogP contribution in [0.25, 0.3) is 0 Å². The van der Waals surface area contributed by atoms with Gasteiger partial charge in [-0.2, -0.15) is 0 Å². The molecular weight excluding hydrogens is 300 g/mol. The molecule has 1 amide bonds. The lowest BCUT2D eigenvalue weighted by atomic mass is 10.1. The number of carbonyl (C=O) groups excluding carboxylic acids is 1. The third-order valence-electron chi connectivity index (χ3n) is 3.81. The minimum absolute atomic E-state index is 0.237. The maximum atomic E-state index is 12.4. The first-order valence-corrected chi connectivity index (χ1v) is 8.50. The van der Waals surface area contributed by atoms with Crippen LogP contribution < -0.4 is 10.2 Å². The Bertz CT molecular complexity index is 676. The van der Waals surface area contributed by atoms with E-state index < -0.39 is 0 Å². The van der Waals surface area contributed by atoms with Gasteiger partial charge in [-0.1, -0.05) is 31.5 Å². The van der Waals surface area contributed by atoms with Crippen molar-refractivity contribution in [1.82, 2.24) is 9.97 Å². The van der Waals surface area contributed by atoms with Crippen LogP contribution in [-0.2, 0) is 0 Å². The quantitative estimate of drug-likeness (QED) is 0.836. The predicted octanol–water partition coefficient (Wildman–Crippen LogP) is 3.97. The Hall–Kier alpha value is -2.43. The zero-order valence-corrected chi connectivity index (χ0v) is 15.0. The third-order valence-corrected chi connectivity index (χ3v) is 3.81. The molecule has 0 saturated heterocycles. The molecule has 0 fully saturated rings. The number of nitrogens with zero attached hydrogens (tertiary/aromatic N) is 3. The van der Waals surface area contributed by atoms with Crippen molar-refractivity contribution >= 4 is 17.4 Å². The van der Waals surface area contributed by atoms with E-state index in [0.717, 1.165) is 43.0 Å². The summed E-state index contributed by atoms with van der Waals surface area (Å²) in [5.74, 6) is 0.584. The summed E-state index contributed by atoms with van der Waals surface area (Å²) in [4.78, 5) is 23.3. The van der Waals surface area contributed by atoms with E-state index in [0.29, 0.717) is 5.69 Å². The van der Waals surface area contributed by atoms with Crippen molar-refractivity contribution in [1.29, 1.82) is 0 Å². The number of rotatable bonds is 7. The number of aromatic nitrogens is 2. The molecule has 5 nitrogen and oxygen atoms in total. The second-order valence-corrected chi connectivity index (χ2v) is 6.02. The van der Waals surface area contributed by atoms with Gasteiger partial charge in [-0.15, -0.1) is 0 Å². The number of carbonyl (C=O) groups is 1.